The van der Waals surface area contributed by atoms with E-state index in [1.165, 1.54) is 0 Å². The fraction of sp³-hybridized carbons (Fsp3) is 0.412. The Balaban J connectivity index is 1.51. The highest BCUT2D eigenvalue weighted by Crippen LogP contribution is 2.23. The average Bonchev–Trinajstić information content (AvgIpc) is 2.92. The standard InChI is InChI=1S/C17H21N3O3/c21-13-3-4-15-14(9-13)12(10-20-15)5-7-18-16(22)8-11-2-1-6-19-17(11)23/h3-4,9-11,20-21H,1-2,5-8H2,(H,18,22)(H,19,23). The van der Waals surface area contributed by atoms with Crippen molar-refractivity contribution < 1.29 is 14.7 Å². The van der Waals surface area contributed by atoms with E-state index in [0.29, 0.717) is 19.5 Å². The van der Waals surface area contributed by atoms with Gasteiger partial charge in [-0.05, 0) is 43.0 Å². The second kappa shape index (κ2) is 6.73. The summed E-state index contributed by atoms with van der Waals surface area (Å²) in [6, 6.07) is 5.18. The van der Waals surface area contributed by atoms with E-state index in [1.807, 2.05) is 12.3 Å². The maximum atomic E-state index is 12.0. The van der Waals surface area contributed by atoms with Crippen molar-refractivity contribution in [2.24, 2.45) is 5.92 Å². The Hall–Kier alpha value is -2.50. The van der Waals surface area contributed by atoms with Crippen LogP contribution >= 0.6 is 0 Å². The van der Waals surface area contributed by atoms with Crippen LogP contribution in [0.1, 0.15) is 24.8 Å². The molecular formula is C17H21N3O3. The number of rotatable bonds is 5. The van der Waals surface area contributed by atoms with Gasteiger partial charge in [-0.2, -0.15) is 0 Å². The Morgan fingerprint density at radius 2 is 2.26 bits per heavy atom. The van der Waals surface area contributed by atoms with Gasteiger partial charge >= 0.3 is 0 Å². The lowest BCUT2D eigenvalue weighted by molar-refractivity contribution is -0.131. The molecule has 1 aromatic carbocycles. The number of fused-ring (bicyclic) bond motifs is 1. The number of nitrogens with one attached hydrogen (secondary N) is 3. The highest BCUT2D eigenvalue weighted by Gasteiger charge is 2.24. The molecule has 1 unspecified atom stereocenters. The SMILES string of the molecule is O=C(CC1CCCNC1=O)NCCc1c[nH]c2ccc(O)cc12. The molecule has 0 saturated carbocycles. The first-order chi connectivity index (χ1) is 11.1. The minimum Gasteiger partial charge on any atom is -0.508 e. The summed E-state index contributed by atoms with van der Waals surface area (Å²) in [5.41, 5.74) is 2.01. The van der Waals surface area contributed by atoms with Crippen molar-refractivity contribution in [3.63, 3.8) is 0 Å². The van der Waals surface area contributed by atoms with Crippen LogP contribution < -0.4 is 10.6 Å². The maximum Gasteiger partial charge on any atom is 0.223 e. The molecule has 1 aliphatic heterocycles. The summed E-state index contributed by atoms with van der Waals surface area (Å²) in [6.45, 7) is 1.22. The molecule has 4 N–H and O–H groups in total. The fourth-order valence-corrected chi connectivity index (χ4v) is 3.04. The number of H-pyrrole nitrogens is 1. The van der Waals surface area contributed by atoms with Crippen LogP contribution in [0.4, 0.5) is 0 Å². The molecule has 1 saturated heterocycles. The Morgan fingerprint density at radius 3 is 3.09 bits per heavy atom. The third-order valence-electron chi connectivity index (χ3n) is 4.30. The number of piperidine rings is 1. The number of carbonyl (C=O) groups is 2. The minimum absolute atomic E-state index is 0.0153. The second-order valence-corrected chi connectivity index (χ2v) is 5.98. The van der Waals surface area contributed by atoms with Gasteiger partial charge in [-0.1, -0.05) is 0 Å². The quantitative estimate of drug-likeness (QED) is 0.672. The van der Waals surface area contributed by atoms with Crippen LogP contribution in [0.25, 0.3) is 10.9 Å². The number of aromatic hydroxyl groups is 1. The van der Waals surface area contributed by atoms with Crippen LogP contribution in [-0.4, -0.2) is 35.0 Å². The Labute approximate surface area is 134 Å². The van der Waals surface area contributed by atoms with E-state index >= 15 is 0 Å². The van der Waals surface area contributed by atoms with E-state index in [1.54, 1.807) is 12.1 Å². The van der Waals surface area contributed by atoms with Crippen molar-refractivity contribution in [3.05, 3.63) is 30.0 Å². The van der Waals surface area contributed by atoms with E-state index in [0.717, 1.165) is 29.3 Å². The molecule has 0 spiro atoms. The van der Waals surface area contributed by atoms with E-state index in [4.69, 9.17) is 0 Å². The smallest absolute Gasteiger partial charge is 0.223 e. The van der Waals surface area contributed by atoms with Crippen LogP contribution in [0.3, 0.4) is 0 Å². The summed E-state index contributed by atoms with van der Waals surface area (Å²) < 4.78 is 0. The van der Waals surface area contributed by atoms with Gasteiger partial charge in [-0.15, -0.1) is 0 Å². The first-order valence-corrected chi connectivity index (χ1v) is 7.97. The summed E-state index contributed by atoms with van der Waals surface area (Å²) in [5, 5.41) is 16.2. The molecule has 1 aliphatic rings. The zero-order valence-corrected chi connectivity index (χ0v) is 12.9. The van der Waals surface area contributed by atoms with Gasteiger partial charge in [-0.25, -0.2) is 0 Å². The predicted molar refractivity (Wildman–Crippen MR) is 87.0 cm³/mol. The van der Waals surface area contributed by atoms with Gasteiger partial charge < -0.3 is 20.7 Å². The molecule has 1 fully saturated rings. The van der Waals surface area contributed by atoms with Gasteiger partial charge in [0.2, 0.25) is 11.8 Å². The number of benzene rings is 1. The van der Waals surface area contributed by atoms with Crippen LogP contribution in [0.2, 0.25) is 0 Å². The lowest BCUT2D eigenvalue weighted by Crippen LogP contribution is -2.39. The van der Waals surface area contributed by atoms with Crippen molar-refractivity contribution in [1.82, 2.24) is 15.6 Å². The summed E-state index contributed by atoms with van der Waals surface area (Å²) in [4.78, 5) is 26.8. The number of hydrogen-bond acceptors (Lipinski definition) is 3. The summed E-state index contributed by atoms with van der Waals surface area (Å²) in [6.07, 6.45) is 4.53. The van der Waals surface area contributed by atoms with E-state index < -0.39 is 0 Å². The molecule has 0 radical (unpaired) electrons. The highest BCUT2D eigenvalue weighted by molar-refractivity contribution is 5.86. The molecule has 122 valence electrons. The Morgan fingerprint density at radius 1 is 1.39 bits per heavy atom. The number of carbonyl (C=O) groups excluding carboxylic acids is 2. The van der Waals surface area contributed by atoms with Crippen molar-refractivity contribution in [2.45, 2.75) is 25.7 Å². The van der Waals surface area contributed by atoms with E-state index in [9.17, 15) is 14.7 Å². The van der Waals surface area contributed by atoms with Crippen molar-refractivity contribution in [2.75, 3.05) is 13.1 Å². The Kier molecular flexibility index (Phi) is 4.50. The number of phenols is 1. The number of phenolic OH excluding ortho intramolecular Hbond substituents is 1. The van der Waals surface area contributed by atoms with E-state index in [2.05, 4.69) is 15.6 Å². The number of aromatic amines is 1. The molecule has 6 nitrogen and oxygen atoms in total. The molecule has 2 amide bonds. The third-order valence-corrected chi connectivity index (χ3v) is 4.30. The summed E-state index contributed by atoms with van der Waals surface area (Å²) in [5.74, 6) is -0.0762. The number of hydrogen-bond donors (Lipinski definition) is 4. The molecule has 0 bridgehead atoms. The largest absolute Gasteiger partial charge is 0.508 e. The van der Waals surface area contributed by atoms with Crippen molar-refractivity contribution >= 4 is 22.7 Å². The van der Waals surface area contributed by atoms with E-state index in [-0.39, 0.29) is 29.9 Å². The zero-order valence-electron chi connectivity index (χ0n) is 12.9. The highest BCUT2D eigenvalue weighted by atomic mass is 16.3. The molecule has 2 heterocycles. The lowest BCUT2D eigenvalue weighted by Gasteiger charge is -2.21. The molecule has 1 atom stereocenters. The van der Waals surface area contributed by atoms with Gasteiger partial charge in [0.25, 0.3) is 0 Å². The molecule has 0 aliphatic carbocycles. The molecule has 1 aromatic heterocycles. The number of aromatic nitrogens is 1. The molecular weight excluding hydrogens is 294 g/mol. The minimum atomic E-state index is -0.200. The molecule has 3 rings (SSSR count). The fourth-order valence-electron chi connectivity index (χ4n) is 3.04. The molecule has 2 aromatic rings. The van der Waals surface area contributed by atoms with Crippen LogP contribution in [0, 0.1) is 5.92 Å². The van der Waals surface area contributed by atoms with Crippen LogP contribution in [-0.2, 0) is 16.0 Å². The average molecular weight is 315 g/mol. The van der Waals surface area contributed by atoms with Crippen LogP contribution in [0.5, 0.6) is 5.75 Å². The number of amides is 2. The topological polar surface area (TPSA) is 94.2 Å². The monoisotopic (exact) mass is 315 g/mol. The van der Waals surface area contributed by atoms with Crippen molar-refractivity contribution in [1.29, 1.82) is 0 Å². The lowest BCUT2D eigenvalue weighted by atomic mass is 9.95. The Bertz CT molecular complexity index is 723. The van der Waals surface area contributed by atoms with Crippen LogP contribution in [0.15, 0.2) is 24.4 Å². The van der Waals surface area contributed by atoms with Gasteiger partial charge in [0.1, 0.15) is 5.75 Å². The zero-order chi connectivity index (χ0) is 16.2. The van der Waals surface area contributed by atoms with Gasteiger partial charge in [0, 0.05) is 42.5 Å². The second-order valence-electron chi connectivity index (χ2n) is 5.98. The van der Waals surface area contributed by atoms with Gasteiger partial charge in [-0.3, -0.25) is 9.59 Å². The first kappa shape index (κ1) is 15.4. The van der Waals surface area contributed by atoms with Gasteiger partial charge in [0.15, 0.2) is 0 Å². The summed E-state index contributed by atoms with van der Waals surface area (Å²) in [7, 11) is 0. The third kappa shape index (κ3) is 3.64. The predicted octanol–water partition coefficient (Wildman–Crippen LogP) is 1.45. The molecule has 23 heavy (non-hydrogen) atoms. The normalized spacial score (nSPS) is 17.9. The summed E-state index contributed by atoms with van der Waals surface area (Å²) >= 11 is 0. The van der Waals surface area contributed by atoms with Gasteiger partial charge in [0.05, 0.1) is 0 Å². The molecule has 6 heteroatoms. The van der Waals surface area contributed by atoms with Crippen molar-refractivity contribution in [3.8, 4) is 5.75 Å². The first-order valence-electron chi connectivity index (χ1n) is 7.97. The maximum absolute atomic E-state index is 12.0.